The van der Waals surface area contributed by atoms with Gasteiger partial charge < -0.3 is 10.0 Å². The zero-order valence-corrected chi connectivity index (χ0v) is 11.0. The van der Waals surface area contributed by atoms with Crippen LogP contribution < -0.4 is 0 Å². The number of carboxylic acid groups (broad SMARTS) is 1. The average molecular weight is 283 g/mol. The lowest BCUT2D eigenvalue weighted by atomic mass is 10.1. The highest BCUT2D eigenvalue weighted by molar-refractivity contribution is 5.86. The highest BCUT2D eigenvalue weighted by atomic mass is 19.1. The van der Waals surface area contributed by atoms with E-state index in [1.54, 1.807) is 6.92 Å². The quantitative estimate of drug-likeness (QED) is 0.899. The number of halogens is 2. The van der Waals surface area contributed by atoms with Crippen molar-refractivity contribution in [3.8, 4) is 0 Å². The minimum absolute atomic E-state index is 0.286. The molecule has 0 aromatic heterocycles. The van der Waals surface area contributed by atoms with E-state index in [1.807, 2.05) is 0 Å². The van der Waals surface area contributed by atoms with E-state index in [-0.39, 0.29) is 18.4 Å². The highest BCUT2D eigenvalue weighted by Gasteiger charge is 2.46. The fraction of sp³-hybridized carbons (Fsp3) is 0.429. The molecule has 4 nitrogen and oxygen atoms in total. The Balaban J connectivity index is 2.06. The number of hydrogen-bond acceptors (Lipinski definition) is 2. The molecule has 2 atom stereocenters. The van der Waals surface area contributed by atoms with Crippen LogP contribution in [-0.2, 0) is 9.59 Å². The van der Waals surface area contributed by atoms with Crippen LogP contribution in [0.2, 0.25) is 0 Å². The maximum absolute atomic E-state index is 13.6. The van der Waals surface area contributed by atoms with E-state index in [0.29, 0.717) is 18.5 Å². The fourth-order valence-corrected chi connectivity index (χ4v) is 2.36. The minimum Gasteiger partial charge on any atom is -0.480 e. The summed E-state index contributed by atoms with van der Waals surface area (Å²) >= 11 is 0. The molecule has 0 unspecified atom stereocenters. The van der Waals surface area contributed by atoms with Crippen LogP contribution in [0.1, 0.15) is 24.8 Å². The van der Waals surface area contributed by atoms with Crippen LogP contribution >= 0.6 is 0 Å². The Morgan fingerprint density at radius 2 is 2.10 bits per heavy atom. The summed E-state index contributed by atoms with van der Waals surface area (Å²) < 4.78 is 26.4. The minimum atomic E-state index is -1.08. The number of rotatable bonds is 5. The van der Waals surface area contributed by atoms with E-state index in [1.165, 1.54) is 11.0 Å². The summed E-state index contributed by atoms with van der Waals surface area (Å²) in [5.41, 5.74) is 0.316. The van der Waals surface area contributed by atoms with E-state index in [9.17, 15) is 18.4 Å². The number of benzene rings is 1. The Kier molecular flexibility index (Phi) is 4.01. The summed E-state index contributed by atoms with van der Waals surface area (Å²) in [6, 6.07) is 3.30. The van der Waals surface area contributed by atoms with Gasteiger partial charge in [-0.15, -0.1) is 0 Å². The number of likely N-dealkylation sites (N-methyl/N-ethyl adjacent to an activating group) is 1. The van der Waals surface area contributed by atoms with Gasteiger partial charge in [0.2, 0.25) is 5.91 Å². The first-order valence-corrected chi connectivity index (χ1v) is 6.39. The number of amides is 1. The van der Waals surface area contributed by atoms with Gasteiger partial charge in [0, 0.05) is 18.5 Å². The van der Waals surface area contributed by atoms with Gasteiger partial charge in [0.1, 0.15) is 18.2 Å². The molecular weight excluding hydrogens is 268 g/mol. The highest BCUT2D eigenvalue weighted by Crippen LogP contribution is 2.49. The lowest BCUT2D eigenvalue weighted by molar-refractivity contribution is -0.144. The largest absolute Gasteiger partial charge is 0.480 e. The number of carbonyl (C=O) groups is 2. The fourth-order valence-electron chi connectivity index (χ4n) is 2.36. The first-order chi connectivity index (χ1) is 9.43. The van der Waals surface area contributed by atoms with Gasteiger partial charge in [-0.05, 0) is 30.9 Å². The van der Waals surface area contributed by atoms with Crippen molar-refractivity contribution in [1.29, 1.82) is 0 Å². The molecule has 20 heavy (non-hydrogen) atoms. The number of carboxylic acids is 1. The third kappa shape index (κ3) is 2.95. The van der Waals surface area contributed by atoms with Crippen molar-refractivity contribution in [2.75, 3.05) is 13.1 Å². The predicted octanol–water partition coefficient (Wildman–Crippen LogP) is 2.00. The van der Waals surface area contributed by atoms with Crippen molar-refractivity contribution >= 4 is 11.9 Å². The molecule has 0 spiro atoms. The Morgan fingerprint density at radius 1 is 1.40 bits per heavy atom. The van der Waals surface area contributed by atoms with Gasteiger partial charge in [-0.1, -0.05) is 6.07 Å². The number of aliphatic carboxylic acids is 1. The number of hydrogen-bond donors (Lipinski definition) is 1. The van der Waals surface area contributed by atoms with Crippen molar-refractivity contribution in [3.05, 3.63) is 35.4 Å². The molecule has 1 saturated carbocycles. The van der Waals surface area contributed by atoms with Gasteiger partial charge in [-0.3, -0.25) is 9.59 Å². The van der Waals surface area contributed by atoms with Crippen LogP contribution in [0.25, 0.3) is 0 Å². The second kappa shape index (κ2) is 5.56. The van der Waals surface area contributed by atoms with Crippen LogP contribution in [0.4, 0.5) is 8.78 Å². The maximum atomic E-state index is 13.6. The monoisotopic (exact) mass is 283 g/mol. The Labute approximate surface area is 115 Å². The molecule has 108 valence electrons. The van der Waals surface area contributed by atoms with Crippen molar-refractivity contribution in [1.82, 2.24) is 4.90 Å². The summed E-state index contributed by atoms with van der Waals surface area (Å²) in [6.45, 7) is 1.63. The van der Waals surface area contributed by atoms with Gasteiger partial charge in [-0.25, -0.2) is 8.78 Å². The lowest BCUT2D eigenvalue weighted by Crippen LogP contribution is -2.36. The Hall–Kier alpha value is -1.98. The molecule has 0 saturated heterocycles. The molecule has 1 N–H and O–H groups in total. The van der Waals surface area contributed by atoms with Gasteiger partial charge >= 0.3 is 5.97 Å². The lowest BCUT2D eigenvalue weighted by Gasteiger charge is -2.18. The van der Waals surface area contributed by atoms with E-state index in [4.69, 9.17) is 5.11 Å². The summed E-state index contributed by atoms with van der Waals surface area (Å²) in [4.78, 5) is 24.0. The van der Waals surface area contributed by atoms with Crippen LogP contribution in [0, 0.1) is 17.6 Å². The van der Waals surface area contributed by atoms with Crippen LogP contribution in [0.15, 0.2) is 18.2 Å². The average Bonchev–Trinajstić information content (AvgIpc) is 3.15. The standard InChI is InChI=1S/C14H15F2NO3/c1-2-17(7-13(18)19)14(20)11-6-10(11)9-4-3-8(15)5-12(9)16/h3-5,10-11H,2,6-7H2,1H3,(H,18,19)/t10-,11-/m1/s1. The molecule has 0 radical (unpaired) electrons. The molecule has 6 heteroatoms. The molecule has 1 fully saturated rings. The zero-order chi connectivity index (χ0) is 14.9. The van der Waals surface area contributed by atoms with Crippen molar-refractivity contribution in [3.63, 3.8) is 0 Å². The van der Waals surface area contributed by atoms with Gasteiger partial charge in [0.25, 0.3) is 0 Å². The van der Waals surface area contributed by atoms with E-state index in [2.05, 4.69) is 0 Å². The van der Waals surface area contributed by atoms with E-state index >= 15 is 0 Å². The molecule has 0 bridgehead atoms. The smallest absolute Gasteiger partial charge is 0.323 e. The number of nitrogens with zero attached hydrogens (tertiary/aromatic N) is 1. The second-order valence-corrected chi connectivity index (χ2v) is 4.86. The zero-order valence-electron chi connectivity index (χ0n) is 11.0. The third-order valence-corrected chi connectivity index (χ3v) is 3.49. The normalized spacial score (nSPS) is 20.6. The van der Waals surface area contributed by atoms with E-state index < -0.39 is 23.5 Å². The predicted molar refractivity (Wildman–Crippen MR) is 67.1 cm³/mol. The Bertz CT molecular complexity index is 547. The molecule has 1 aliphatic rings. The third-order valence-electron chi connectivity index (χ3n) is 3.49. The van der Waals surface area contributed by atoms with Crippen LogP contribution in [0.5, 0.6) is 0 Å². The van der Waals surface area contributed by atoms with E-state index in [0.717, 1.165) is 12.1 Å². The molecule has 1 aromatic rings. The molecule has 2 rings (SSSR count). The SMILES string of the molecule is CCN(CC(=O)O)C(=O)[C@@H]1C[C@@H]1c1ccc(F)cc1F. The van der Waals surface area contributed by atoms with Crippen LogP contribution in [-0.4, -0.2) is 35.0 Å². The summed E-state index contributed by atoms with van der Waals surface area (Å²) in [7, 11) is 0. The molecular formula is C14H15F2NO3. The van der Waals surface area contributed by atoms with Gasteiger partial charge in [-0.2, -0.15) is 0 Å². The van der Waals surface area contributed by atoms with Crippen LogP contribution in [0.3, 0.4) is 0 Å². The summed E-state index contributed by atoms with van der Waals surface area (Å²) in [5, 5.41) is 8.73. The second-order valence-electron chi connectivity index (χ2n) is 4.86. The molecule has 1 aliphatic carbocycles. The van der Waals surface area contributed by atoms with Gasteiger partial charge in [0.15, 0.2) is 0 Å². The topological polar surface area (TPSA) is 57.6 Å². The van der Waals surface area contributed by atoms with Crippen molar-refractivity contribution in [2.45, 2.75) is 19.3 Å². The number of carbonyl (C=O) groups excluding carboxylic acids is 1. The van der Waals surface area contributed by atoms with Gasteiger partial charge in [0.05, 0.1) is 0 Å². The summed E-state index contributed by atoms with van der Waals surface area (Å²) in [6.07, 6.45) is 0.470. The molecule has 1 amide bonds. The summed E-state index contributed by atoms with van der Waals surface area (Å²) in [5.74, 6) is -3.38. The maximum Gasteiger partial charge on any atom is 0.323 e. The first kappa shape index (κ1) is 14.4. The first-order valence-electron chi connectivity index (χ1n) is 6.39. The Morgan fingerprint density at radius 3 is 2.65 bits per heavy atom. The van der Waals surface area contributed by atoms with Crippen molar-refractivity contribution < 1.29 is 23.5 Å². The molecule has 0 heterocycles. The molecule has 1 aromatic carbocycles. The van der Waals surface area contributed by atoms with Crippen molar-refractivity contribution in [2.24, 2.45) is 5.92 Å². The molecule has 0 aliphatic heterocycles.